The molecule has 4 fully saturated rings. The minimum atomic E-state index is -4.49. The number of carbonyl (C=O) groups is 2. The zero-order chi connectivity index (χ0) is 56.3. The highest BCUT2D eigenvalue weighted by Crippen LogP contribution is 2.39. The van der Waals surface area contributed by atoms with Crippen LogP contribution in [0.4, 0.5) is 49.1 Å². The van der Waals surface area contributed by atoms with Crippen LogP contribution >= 0.6 is 34.8 Å². The number of nitrogens with one attached hydrogen (secondary N) is 2. The maximum Gasteiger partial charge on any atom is 0.417 e. The first kappa shape index (κ1) is 61.6. The number of hydrogen-bond acceptors (Lipinski definition) is 8. The molecule has 0 unspecified atom stereocenters. The number of aliphatic hydroxyl groups excluding tert-OH is 1. The number of piperazine rings is 2. The van der Waals surface area contributed by atoms with Crippen LogP contribution in [-0.2, 0) is 37.5 Å². The molecular weight excluding hydrogens is 1070 g/mol. The SMILES string of the molecule is CC(C)(C)c1ccc(N2CCN(C(=O)CCl)CC2)cc1.CC(C)(C)c1ccc(N2CCN(C(=O)COC3CCC(Nc4ccc(Cl)c(C(F)(F)F)c4)CC3)CC2)cc1.OC1CCC(Nc2ccc(Cl)c(C(F)(F)F)c2)CC1. The monoisotopic (exact) mass is 1140 g/mol. The van der Waals surface area contributed by atoms with Gasteiger partial charge in [-0.3, -0.25) is 9.59 Å². The van der Waals surface area contributed by atoms with Crippen LogP contribution < -0.4 is 20.4 Å². The molecule has 4 aromatic carbocycles. The van der Waals surface area contributed by atoms with Gasteiger partial charge in [-0.05, 0) is 134 Å². The maximum absolute atomic E-state index is 13.1. The Morgan fingerprint density at radius 2 is 0.909 bits per heavy atom. The van der Waals surface area contributed by atoms with Crippen LogP contribution in [0.3, 0.4) is 0 Å². The van der Waals surface area contributed by atoms with E-state index in [1.807, 2.05) is 9.80 Å². The summed E-state index contributed by atoms with van der Waals surface area (Å²) in [6.45, 7) is 19.5. The van der Waals surface area contributed by atoms with Crippen LogP contribution in [0.15, 0.2) is 84.9 Å². The predicted octanol–water partition coefficient (Wildman–Crippen LogP) is 13.7. The van der Waals surface area contributed by atoms with E-state index >= 15 is 0 Å². The van der Waals surface area contributed by atoms with Crippen molar-refractivity contribution in [2.75, 3.05) is 85.3 Å². The van der Waals surface area contributed by atoms with Crippen molar-refractivity contribution in [2.45, 2.75) is 140 Å². The van der Waals surface area contributed by atoms with E-state index in [1.165, 1.54) is 34.6 Å². The van der Waals surface area contributed by atoms with Gasteiger partial charge in [-0.1, -0.05) is 89.0 Å². The first-order chi connectivity index (χ1) is 36.2. The summed E-state index contributed by atoms with van der Waals surface area (Å²) in [4.78, 5) is 32.6. The van der Waals surface area contributed by atoms with E-state index in [1.54, 1.807) is 12.1 Å². The van der Waals surface area contributed by atoms with Crippen LogP contribution in [0, 0.1) is 0 Å². The van der Waals surface area contributed by atoms with E-state index in [2.05, 4.69) is 111 Å². The van der Waals surface area contributed by atoms with Gasteiger partial charge in [0.1, 0.15) is 12.5 Å². The van der Waals surface area contributed by atoms with Crippen molar-refractivity contribution in [3.05, 3.63) is 117 Å². The van der Waals surface area contributed by atoms with E-state index in [0.29, 0.717) is 37.3 Å². The number of hydrogen-bond donors (Lipinski definition) is 3. The highest BCUT2D eigenvalue weighted by molar-refractivity contribution is 6.31. The summed E-state index contributed by atoms with van der Waals surface area (Å²) in [5.74, 6) is 0.128. The molecule has 0 radical (unpaired) electrons. The third-order valence-electron chi connectivity index (χ3n) is 14.7. The van der Waals surface area contributed by atoms with Gasteiger partial charge in [-0.2, -0.15) is 26.3 Å². The Labute approximate surface area is 465 Å². The van der Waals surface area contributed by atoms with Crippen LogP contribution in [0.5, 0.6) is 0 Å². The zero-order valence-corrected chi connectivity index (χ0v) is 47.3. The van der Waals surface area contributed by atoms with Crippen molar-refractivity contribution < 1.29 is 45.8 Å². The number of benzene rings is 4. The lowest BCUT2D eigenvalue weighted by atomic mass is 9.87. The van der Waals surface area contributed by atoms with E-state index < -0.39 is 23.5 Å². The van der Waals surface area contributed by atoms with Crippen LogP contribution in [0.2, 0.25) is 10.0 Å². The predicted molar refractivity (Wildman–Crippen MR) is 299 cm³/mol. The molecule has 19 heteroatoms. The number of rotatable bonds is 10. The standard InChI is InChI=1S/C29H37ClF3N3O2.C16H23ClN2O.C13H15ClF3NO/c1-28(2,3)20-4-9-23(10-5-20)35-14-16-36(17-15-35)27(37)19-38-24-11-6-21(7-12-24)34-22-8-13-26(30)25(18-22)29(31,32)33;1-16(2,3)13-4-6-14(7-5-13)18-8-10-19(11-9-18)15(20)12-17;14-12-6-3-9(7-11(12)13(15,16)17)18-8-1-4-10(19)5-2-8/h4-5,8-10,13,18,21,24,34H,6-7,11-12,14-17,19H2,1-3H3;4-7H,8-12H2,1-3H3;3,6-8,10,18-19H,1-2,4-5H2. The molecule has 2 saturated heterocycles. The van der Waals surface area contributed by atoms with Crippen molar-refractivity contribution in [3.8, 4) is 0 Å². The van der Waals surface area contributed by atoms with Gasteiger partial charge in [0.15, 0.2) is 0 Å². The van der Waals surface area contributed by atoms with Gasteiger partial charge < -0.3 is 40.1 Å². The average molecular weight is 1140 g/mol. The number of amides is 2. The Bertz CT molecular complexity index is 2510. The summed E-state index contributed by atoms with van der Waals surface area (Å²) >= 11 is 16.9. The van der Waals surface area contributed by atoms with Crippen molar-refractivity contribution >= 4 is 69.4 Å². The first-order valence-corrected chi connectivity index (χ1v) is 27.9. The molecule has 2 heterocycles. The highest BCUT2D eigenvalue weighted by Gasteiger charge is 2.35. The maximum atomic E-state index is 13.1. The van der Waals surface area contributed by atoms with Crippen molar-refractivity contribution in [1.29, 1.82) is 0 Å². The van der Waals surface area contributed by atoms with Gasteiger partial charge in [0, 0.05) is 87.2 Å². The lowest BCUT2D eigenvalue weighted by Crippen LogP contribution is -2.50. The second-order valence-corrected chi connectivity index (χ2v) is 23.5. The van der Waals surface area contributed by atoms with E-state index in [4.69, 9.17) is 39.5 Å². The van der Waals surface area contributed by atoms with Gasteiger partial charge in [0.05, 0.1) is 33.4 Å². The van der Waals surface area contributed by atoms with E-state index in [9.17, 15) is 41.0 Å². The number of alkyl halides is 7. The molecule has 0 bridgehead atoms. The Balaban J connectivity index is 0.000000207. The Hall–Kier alpha value is -4.61. The summed E-state index contributed by atoms with van der Waals surface area (Å²) in [5.41, 5.74) is 4.53. The fourth-order valence-electron chi connectivity index (χ4n) is 9.87. The molecule has 0 aromatic heterocycles. The zero-order valence-electron chi connectivity index (χ0n) is 45.0. The number of carbonyl (C=O) groups excluding carboxylic acids is 2. The lowest BCUT2D eigenvalue weighted by molar-refractivity contribution is -0.139. The smallest absolute Gasteiger partial charge is 0.393 e. The molecule has 4 aromatic rings. The third kappa shape index (κ3) is 18.5. The number of aliphatic hydroxyl groups is 1. The van der Waals surface area contributed by atoms with Crippen LogP contribution in [-0.4, -0.2) is 116 Å². The number of anilines is 4. The largest absolute Gasteiger partial charge is 0.417 e. The fourth-order valence-corrected chi connectivity index (χ4v) is 10.5. The molecule has 2 aliphatic carbocycles. The summed E-state index contributed by atoms with van der Waals surface area (Å²) in [7, 11) is 0. The Morgan fingerprint density at radius 3 is 1.26 bits per heavy atom. The third-order valence-corrected chi connectivity index (χ3v) is 15.6. The average Bonchev–Trinajstić information content (AvgIpc) is 3.39. The molecule has 2 saturated carbocycles. The van der Waals surface area contributed by atoms with E-state index in [-0.39, 0.29) is 69.5 Å². The number of ether oxygens (including phenoxy) is 1. The second-order valence-electron chi connectivity index (χ2n) is 22.4. The van der Waals surface area contributed by atoms with Crippen molar-refractivity contribution in [2.24, 2.45) is 0 Å². The van der Waals surface area contributed by atoms with Gasteiger partial charge in [0.25, 0.3) is 0 Å². The molecule has 8 rings (SSSR count). The topological polar surface area (TPSA) is 101 Å². The molecular formula is C58H75Cl3F6N6O4. The van der Waals surface area contributed by atoms with E-state index in [0.717, 1.165) is 89.9 Å². The number of halogens is 9. The van der Waals surface area contributed by atoms with Crippen molar-refractivity contribution in [3.63, 3.8) is 0 Å². The summed E-state index contributed by atoms with van der Waals surface area (Å²) in [5, 5.41) is 15.1. The first-order valence-electron chi connectivity index (χ1n) is 26.6. The molecule has 2 amide bonds. The Morgan fingerprint density at radius 1 is 0.545 bits per heavy atom. The minimum Gasteiger partial charge on any atom is -0.393 e. The van der Waals surface area contributed by atoms with Crippen LogP contribution in [0.1, 0.15) is 115 Å². The van der Waals surface area contributed by atoms with Gasteiger partial charge in [-0.15, -0.1) is 11.6 Å². The normalized spacial score (nSPS) is 20.6. The van der Waals surface area contributed by atoms with Gasteiger partial charge in [-0.25, -0.2) is 0 Å². The molecule has 424 valence electrons. The summed E-state index contributed by atoms with van der Waals surface area (Å²) in [6.07, 6.45) is -3.35. The molecule has 0 spiro atoms. The molecule has 10 nitrogen and oxygen atoms in total. The molecule has 4 aliphatic rings. The lowest BCUT2D eigenvalue weighted by Gasteiger charge is -2.37. The van der Waals surface area contributed by atoms with Crippen molar-refractivity contribution in [1.82, 2.24) is 9.80 Å². The minimum absolute atomic E-state index is 0.00817. The fraction of sp³-hybridized carbons (Fsp3) is 0.552. The molecule has 77 heavy (non-hydrogen) atoms. The summed E-state index contributed by atoms with van der Waals surface area (Å²) < 4.78 is 83.5. The molecule has 0 atom stereocenters. The molecule has 3 N–H and O–H groups in total. The summed E-state index contributed by atoms with van der Waals surface area (Å²) in [6, 6.07) is 25.3. The quantitative estimate of drug-likeness (QED) is 0.107. The van der Waals surface area contributed by atoms with Gasteiger partial charge >= 0.3 is 12.4 Å². The Kier molecular flexibility index (Phi) is 21.6. The van der Waals surface area contributed by atoms with Gasteiger partial charge in [0.2, 0.25) is 11.8 Å². The second kappa shape index (κ2) is 27.0. The highest BCUT2D eigenvalue weighted by atomic mass is 35.5. The van der Waals surface area contributed by atoms with Crippen LogP contribution in [0.25, 0.3) is 0 Å². The number of nitrogens with zero attached hydrogens (tertiary/aromatic N) is 4. The molecule has 2 aliphatic heterocycles.